The predicted octanol–water partition coefficient (Wildman–Crippen LogP) is 3.49. The highest BCUT2D eigenvalue weighted by molar-refractivity contribution is 6.30. The van der Waals surface area contributed by atoms with Crippen LogP contribution in [0.3, 0.4) is 0 Å². The van der Waals surface area contributed by atoms with E-state index in [9.17, 15) is 18.7 Å². The largest absolute Gasteiger partial charge is 0.375 e. The van der Waals surface area contributed by atoms with E-state index >= 15 is 0 Å². The Balaban J connectivity index is 1.78. The van der Waals surface area contributed by atoms with Gasteiger partial charge in [0.05, 0.1) is 5.69 Å². The van der Waals surface area contributed by atoms with E-state index in [0.717, 1.165) is 18.3 Å². The molecule has 1 aliphatic rings. The van der Waals surface area contributed by atoms with Gasteiger partial charge in [-0.25, -0.2) is 13.5 Å². The van der Waals surface area contributed by atoms with Crippen LogP contribution in [0.25, 0.3) is 5.69 Å². The normalized spacial score (nSPS) is 22.7. The van der Waals surface area contributed by atoms with Gasteiger partial charge in [0.1, 0.15) is 0 Å². The molecular weight excluding hydrogens is 376 g/mol. The van der Waals surface area contributed by atoms with Gasteiger partial charge < -0.3 is 10.0 Å². The van der Waals surface area contributed by atoms with Crippen molar-refractivity contribution in [3.63, 3.8) is 0 Å². The van der Waals surface area contributed by atoms with Gasteiger partial charge in [0.2, 0.25) is 5.60 Å². The zero-order valence-electron chi connectivity index (χ0n) is 15.1. The maximum absolute atomic E-state index is 13.0. The molecule has 2 heterocycles. The van der Waals surface area contributed by atoms with Gasteiger partial charge in [-0.1, -0.05) is 18.5 Å². The van der Waals surface area contributed by atoms with Crippen LogP contribution in [0.2, 0.25) is 5.02 Å². The number of benzene rings is 1. The van der Waals surface area contributed by atoms with Crippen LogP contribution < -0.4 is 0 Å². The van der Waals surface area contributed by atoms with Gasteiger partial charge in [-0.05, 0) is 49.6 Å². The van der Waals surface area contributed by atoms with E-state index in [1.807, 2.05) is 29.8 Å². The fourth-order valence-electron chi connectivity index (χ4n) is 3.58. The number of amides is 1. The molecule has 3 atom stereocenters. The Morgan fingerprint density at radius 3 is 2.59 bits per heavy atom. The van der Waals surface area contributed by atoms with Gasteiger partial charge >= 0.3 is 0 Å². The van der Waals surface area contributed by atoms with Crippen LogP contribution in [-0.4, -0.2) is 50.8 Å². The number of aromatic nitrogens is 2. The lowest BCUT2D eigenvalue weighted by Crippen LogP contribution is -2.54. The van der Waals surface area contributed by atoms with Crippen molar-refractivity contribution in [2.24, 2.45) is 5.92 Å². The monoisotopic (exact) mass is 397 g/mol. The van der Waals surface area contributed by atoms with E-state index in [-0.39, 0.29) is 11.8 Å². The van der Waals surface area contributed by atoms with E-state index in [0.29, 0.717) is 24.5 Å². The Morgan fingerprint density at radius 2 is 2.00 bits per heavy atom. The molecule has 0 bridgehead atoms. The fraction of sp³-hybridized carbons (Fsp3) is 0.474. The van der Waals surface area contributed by atoms with E-state index in [1.165, 1.54) is 4.90 Å². The number of piperidine rings is 1. The van der Waals surface area contributed by atoms with Crippen LogP contribution in [0.15, 0.2) is 36.5 Å². The molecule has 0 aliphatic carbocycles. The second kappa shape index (κ2) is 7.56. The lowest BCUT2D eigenvalue weighted by molar-refractivity contribution is -0.167. The molecule has 2 aromatic rings. The molecule has 1 saturated heterocycles. The van der Waals surface area contributed by atoms with Gasteiger partial charge in [0.15, 0.2) is 0 Å². The SMILES string of the molecule is C[C@@H]1CN(C(=O)[C@@](C)(O)C(F)F)CC[C@@H]1c1ccnn1-c1ccc(Cl)cc1. The summed E-state index contributed by atoms with van der Waals surface area (Å²) < 4.78 is 27.8. The average Bonchev–Trinajstić information content (AvgIpc) is 3.10. The third-order valence-corrected chi connectivity index (χ3v) is 5.43. The Hall–Kier alpha value is -1.99. The van der Waals surface area contributed by atoms with E-state index in [4.69, 9.17) is 11.6 Å². The van der Waals surface area contributed by atoms with Crippen LogP contribution >= 0.6 is 11.6 Å². The first-order valence-corrected chi connectivity index (χ1v) is 9.19. The Bertz CT molecular complexity index is 808. The minimum Gasteiger partial charge on any atom is -0.375 e. The molecule has 1 aromatic heterocycles. The standard InChI is InChI=1S/C19H22ClF2N3O2/c1-12-11-24(18(26)19(2,27)17(21)22)10-8-15(12)16-7-9-23-25(16)14-5-3-13(20)4-6-14/h3-7,9,12,15,17,27H,8,10-11H2,1-2H3/t12-,15+,19+/m1/s1. The number of alkyl halides is 2. The molecule has 5 nitrogen and oxygen atoms in total. The number of halogens is 3. The van der Waals surface area contributed by atoms with Crippen molar-refractivity contribution < 1.29 is 18.7 Å². The number of carbonyl (C=O) groups excluding carboxylic acids is 1. The molecule has 0 spiro atoms. The molecule has 1 fully saturated rings. The van der Waals surface area contributed by atoms with E-state index in [1.54, 1.807) is 18.3 Å². The number of aliphatic hydroxyl groups is 1. The van der Waals surface area contributed by atoms with Crippen molar-refractivity contribution in [1.82, 2.24) is 14.7 Å². The second-order valence-corrected chi connectivity index (χ2v) is 7.65. The van der Waals surface area contributed by atoms with Crippen molar-refractivity contribution >= 4 is 17.5 Å². The number of hydrogen-bond acceptors (Lipinski definition) is 3. The molecule has 0 saturated carbocycles. The van der Waals surface area contributed by atoms with Crippen LogP contribution in [-0.2, 0) is 4.79 Å². The molecule has 1 amide bonds. The first-order valence-electron chi connectivity index (χ1n) is 8.81. The van der Waals surface area contributed by atoms with Crippen LogP contribution in [0.5, 0.6) is 0 Å². The highest BCUT2D eigenvalue weighted by Crippen LogP contribution is 2.35. The van der Waals surface area contributed by atoms with Gasteiger partial charge in [-0.3, -0.25) is 4.79 Å². The summed E-state index contributed by atoms with van der Waals surface area (Å²) in [6, 6.07) is 9.27. The van der Waals surface area contributed by atoms with Crippen LogP contribution in [0.1, 0.15) is 31.9 Å². The van der Waals surface area contributed by atoms with Crippen molar-refractivity contribution in [3.8, 4) is 5.69 Å². The van der Waals surface area contributed by atoms with Crippen molar-refractivity contribution in [3.05, 3.63) is 47.2 Å². The average molecular weight is 398 g/mol. The molecule has 146 valence electrons. The Morgan fingerprint density at radius 1 is 1.33 bits per heavy atom. The second-order valence-electron chi connectivity index (χ2n) is 7.22. The highest BCUT2D eigenvalue weighted by atomic mass is 35.5. The van der Waals surface area contributed by atoms with E-state index in [2.05, 4.69) is 5.10 Å². The Labute approximate surface area is 161 Å². The summed E-state index contributed by atoms with van der Waals surface area (Å²) in [5.74, 6) is -0.781. The molecule has 27 heavy (non-hydrogen) atoms. The minimum atomic E-state index is -3.12. The molecule has 1 aliphatic heterocycles. The quantitative estimate of drug-likeness (QED) is 0.859. The maximum Gasteiger partial charge on any atom is 0.275 e. The van der Waals surface area contributed by atoms with Crippen LogP contribution in [0, 0.1) is 5.92 Å². The lowest BCUT2D eigenvalue weighted by Gasteiger charge is -2.39. The molecule has 1 N–H and O–H groups in total. The third-order valence-electron chi connectivity index (χ3n) is 5.17. The number of hydrogen-bond donors (Lipinski definition) is 1. The van der Waals surface area contributed by atoms with Gasteiger partial charge in [0, 0.05) is 35.9 Å². The number of rotatable bonds is 4. The van der Waals surface area contributed by atoms with Crippen molar-refractivity contribution in [1.29, 1.82) is 0 Å². The van der Waals surface area contributed by atoms with Gasteiger partial charge in [0.25, 0.3) is 12.3 Å². The molecular formula is C19H22ClF2N3O2. The lowest BCUT2D eigenvalue weighted by atomic mass is 9.83. The summed E-state index contributed by atoms with van der Waals surface area (Å²) >= 11 is 5.95. The van der Waals surface area contributed by atoms with Crippen molar-refractivity contribution in [2.75, 3.05) is 13.1 Å². The van der Waals surface area contributed by atoms with Gasteiger partial charge in [-0.2, -0.15) is 5.10 Å². The smallest absolute Gasteiger partial charge is 0.275 e. The summed E-state index contributed by atoms with van der Waals surface area (Å²) in [5.41, 5.74) is -0.777. The van der Waals surface area contributed by atoms with Crippen LogP contribution in [0.4, 0.5) is 8.78 Å². The summed E-state index contributed by atoms with van der Waals surface area (Å²) in [6.45, 7) is 3.45. The molecule has 1 aromatic carbocycles. The molecule has 0 unspecified atom stereocenters. The molecule has 8 heteroatoms. The minimum absolute atomic E-state index is 0.0268. The van der Waals surface area contributed by atoms with Gasteiger partial charge in [-0.15, -0.1) is 0 Å². The van der Waals surface area contributed by atoms with Crippen molar-refractivity contribution in [2.45, 2.75) is 38.2 Å². The zero-order chi connectivity index (χ0) is 19.8. The summed E-state index contributed by atoms with van der Waals surface area (Å²) in [6.07, 6.45) is -0.800. The first-order chi connectivity index (χ1) is 12.7. The third kappa shape index (κ3) is 3.84. The number of carbonyl (C=O) groups is 1. The van der Waals surface area contributed by atoms with E-state index < -0.39 is 17.9 Å². The summed E-state index contributed by atoms with van der Waals surface area (Å²) in [7, 11) is 0. The number of nitrogens with zero attached hydrogens (tertiary/aromatic N) is 3. The maximum atomic E-state index is 13.0. The predicted molar refractivity (Wildman–Crippen MR) is 98.3 cm³/mol. The molecule has 3 rings (SSSR count). The summed E-state index contributed by atoms with van der Waals surface area (Å²) in [5, 5.41) is 14.8. The topological polar surface area (TPSA) is 58.4 Å². The zero-order valence-corrected chi connectivity index (χ0v) is 15.9. The summed E-state index contributed by atoms with van der Waals surface area (Å²) in [4.78, 5) is 13.6. The fourth-order valence-corrected chi connectivity index (χ4v) is 3.70. The Kier molecular flexibility index (Phi) is 5.53. The molecule has 0 radical (unpaired) electrons. The number of likely N-dealkylation sites (tertiary alicyclic amines) is 1. The highest BCUT2D eigenvalue weighted by Gasteiger charge is 2.45. The first kappa shape index (κ1) is 19.8.